The van der Waals surface area contributed by atoms with Gasteiger partial charge in [0, 0.05) is 22.7 Å². The Balaban J connectivity index is 1.99. The summed E-state index contributed by atoms with van der Waals surface area (Å²) >= 11 is 0. The van der Waals surface area contributed by atoms with Crippen molar-refractivity contribution in [1.29, 1.82) is 0 Å². The lowest BCUT2D eigenvalue weighted by Crippen LogP contribution is -2.36. The van der Waals surface area contributed by atoms with Gasteiger partial charge in [0.2, 0.25) is 5.91 Å². The first-order valence-electron chi connectivity index (χ1n) is 8.43. The molecule has 4 nitrogen and oxygen atoms in total. The smallest absolute Gasteiger partial charge is 0.247 e. The number of nitrogens with zero attached hydrogens (tertiary/aromatic N) is 2. The predicted octanol–water partition coefficient (Wildman–Crippen LogP) is 4.28. The number of carbonyl (C=O) groups is 1. The number of piperidine rings is 1. The molecule has 1 N–H and O–H groups in total. The Morgan fingerprint density at radius 1 is 1.29 bits per heavy atom. The Bertz CT molecular complexity index is 968. The maximum atomic E-state index is 12.5. The summed E-state index contributed by atoms with van der Waals surface area (Å²) in [6, 6.07) is 10.3. The Kier molecular flexibility index (Phi) is 3.41. The van der Waals surface area contributed by atoms with E-state index in [0.717, 1.165) is 35.1 Å². The molecular formula is C20H21N3O. The van der Waals surface area contributed by atoms with Crippen molar-refractivity contribution in [2.45, 2.75) is 38.6 Å². The maximum absolute atomic E-state index is 12.5. The molecule has 0 radical (unpaired) electrons. The summed E-state index contributed by atoms with van der Waals surface area (Å²) in [4.78, 5) is 17.1. The number of benzene rings is 1. The van der Waals surface area contributed by atoms with Crippen LogP contribution in [0.2, 0.25) is 0 Å². The van der Waals surface area contributed by atoms with E-state index in [-0.39, 0.29) is 11.9 Å². The van der Waals surface area contributed by atoms with Crippen LogP contribution < -0.4 is 5.32 Å². The highest BCUT2D eigenvalue weighted by atomic mass is 16.2. The fraction of sp³-hybridized carbons (Fsp3) is 0.300. The quantitative estimate of drug-likeness (QED) is 0.766. The van der Waals surface area contributed by atoms with Gasteiger partial charge in [-0.15, -0.1) is 0 Å². The zero-order valence-electron chi connectivity index (χ0n) is 14.0. The lowest BCUT2D eigenvalue weighted by atomic mass is 10.0. The average molecular weight is 319 g/mol. The molecule has 1 aliphatic rings. The second kappa shape index (κ2) is 5.48. The van der Waals surface area contributed by atoms with Gasteiger partial charge in [-0.05, 0) is 48.6 Å². The summed E-state index contributed by atoms with van der Waals surface area (Å²) < 4.78 is 2.09. The average Bonchev–Trinajstić information content (AvgIpc) is 2.89. The van der Waals surface area contributed by atoms with Gasteiger partial charge in [-0.1, -0.05) is 26.5 Å². The third kappa shape index (κ3) is 2.21. The summed E-state index contributed by atoms with van der Waals surface area (Å²) in [5.74, 6) is 0.467. The number of carbonyl (C=O) groups excluding carboxylic acids is 1. The van der Waals surface area contributed by atoms with Gasteiger partial charge in [-0.2, -0.15) is 0 Å². The van der Waals surface area contributed by atoms with Crippen molar-refractivity contribution in [1.82, 2.24) is 14.9 Å². The number of aromatic nitrogens is 2. The minimum absolute atomic E-state index is 0.00337. The normalized spacial score (nSPS) is 18.5. The van der Waals surface area contributed by atoms with Gasteiger partial charge >= 0.3 is 0 Å². The molecule has 24 heavy (non-hydrogen) atoms. The molecule has 0 bridgehead atoms. The number of hydrogen-bond acceptors (Lipinski definition) is 2. The van der Waals surface area contributed by atoms with Crippen molar-refractivity contribution in [2.75, 3.05) is 0 Å². The number of amides is 1. The van der Waals surface area contributed by atoms with E-state index >= 15 is 0 Å². The molecule has 1 saturated heterocycles. The van der Waals surface area contributed by atoms with Crippen molar-refractivity contribution in [3.63, 3.8) is 0 Å². The van der Waals surface area contributed by atoms with Crippen LogP contribution >= 0.6 is 0 Å². The Labute approximate surface area is 141 Å². The first-order chi connectivity index (χ1) is 11.6. The summed E-state index contributed by atoms with van der Waals surface area (Å²) in [6.07, 6.45) is 3.35. The molecule has 1 atom stereocenters. The summed E-state index contributed by atoms with van der Waals surface area (Å²) in [5, 5.41) is 5.17. The minimum atomic E-state index is -0.240. The van der Waals surface area contributed by atoms with Crippen LogP contribution in [0.15, 0.2) is 48.8 Å². The van der Waals surface area contributed by atoms with Crippen LogP contribution in [-0.2, 0) is 4.79 Å². The van der Waals surface area contributed by atoms with Gasteiger partial charge in [0.1, 0.15) is 11.7 Å². The first-order valence-corrected chi connectivity index (χ1v) is 8.43. The molecule has 1 aromatic carbocycles. The van der Waals surface area contributed by atoms with E-state index in [1.807, 2.05) is 6.07 Å². The molecular weight excluding hydrogens is 298 g/mol. The minimum Gasteiger partial charge on any atom is -0.329 e. The zero-order valence-corrected chi connectivity index (χ0v) is 14.0. The molecule has 4 heteroatoms. The lowest BCUT2D eigenvalue weighted by Gasteiger charge is -2.25. The van der Waals surface area contributed by atoms with E-state index in [0.29, 0.717) is 5.92 Å². The Morgan fingerprint density at radius 3 is 2.88 bits per heavy atom. The van der Waals surface area contributed by atoms with Crippen LogP contribution in [-0.4, -0.2) is 15.5 Å². The fourth-order valence-corrected chi connectivity index (χ4v) is 3.58. The van der Waals surface area contributed by atoms with Gasteiger partial charge in [0.25, 0.3) is 0 Å². The molecule has 1 aliphatic heterocycles. The molecule has 3 aromatic rings. The molecule has 2 aromatic heterocycles. The van der Waals surface area contributed by atoms with Gasteiger partial charge in [0.15, 0.2) is 0 Å². The zero-order chi connectivity index (χ0) is 16.8. The number of fused-ring (bicyclic) bond motifs is 3. The van der Waals surface area contributed by atoms with Crippen LogP contribution in [0.5, 0.6) is 0 Å². The third-order valence-electron chi connectivity index (χ3n) is 4.89. The monoisotopic (exact) mass is 319 g/mol. The SMILES string of the molecule is C=C1CCC(n2c3ccc(C(C)C)cc3c3cccnc32)C(=O)N1. The molecule has 4 rings (SSSR count). The first kappa shape index (κ1) is 14.9. The van der Waals surface area contributed by atoms with Crippen molar-refractivity contribution in [3.8, 4) is 0 Å². The van der Waals surface area contributed by atoms with Crippen molar-refractivity contribution >= 4 is 27.8 Å². The Morgan fingerprint density at radius 2 is 2.12 bits per heavy atom. The summed E-state index contributed by atoms with van der Waals surface area (Å²) in [5.41, 5.74) is 4.04. The van der Waals surface area contributed by atoms with Crippen molar-refractivity contribution in [3.05, 3.63) is 54.4 Å². The summed E-state index contributed by atoms with van der Waals surface area (Å²) in [6.45, 7) is 8.27. The lowest BCUT2D eigenvalue weighted by molar-refractivity contribution is -0.124. The molecule has 1 unspecified atom stereocenters. The van der Waals surface area contributed by atoms with Gasteiger partial charge < -0.3 is 9.88 Å². The van der Waals surface area contributed by atoms with E-state index < -0.39 is 0 Å². The van der Waals surface area contributed by atoms with Crippen LogP contribution in [0.1, 0.15) is 44.2 Å². The van der Waals surface area contributed by atoms with E-state index in [9.17, 15) is 4.79 Å². The highest BCUT2D eigenvalue weighted by Gasteiger charge is 2.28. The number of hydrogen-bond donors (Lipinski definition) is 1. The molecule has 3 heterocycles. The highest BCUT2D eigenvalue weighted by molar-refractivity contribution is 6.08. The largest absolute Gasteiger partial charge is 0.329 e. The third-order valence-corrected chi connectivity index (χ3v) is 4.89. The van der Waals surface area contributed by atoms with E-state index in [4.69, 9.17) is 0 Å². The Hall–Kier alpha value is -2.62. The number of allylic oxidation sites excluding steroid dienone is 1. The number of nitrogens with one attached hydrogen (secondary N) is 1. The second-order valence-corrected chi connectivity index (χ2v) is 6.82. The predicted molar refractivity (Wildman–Crippen MR) is 96.9 cm³/mol. The van der Waals surface area contributed by atoms with E-state index in [2.05, 4.69) is 59.6 Å². The molecule has 122 valence electrons. The molecule has 1 amide bonds. The summed E-state index contributed by atoms with van der Waals surface area (Å²) in [7, 11) is 0. The van der Waals surface area contributed by atoms with Crippen molar-refractivity contribution in [2.24, 2.45) is 0 Å². The fourth-order valence-electron chi connectivity index (χ4n) is 3.58. The van der Waals surface area contributed by atoms with Gasteiger partial charge in [0.05, 0.1) is 5.52 Å². The number of pyridine rings is 1. The van der Waals surface area contributed by atoms with Crippen molar-refractivity contribution < 1.29 is 4.79 Å². The van der Waals surface area contributed by atoms with Crippen LogP contribution in [0, 0.1) is 0 Å². The standard InChI is InChI=1S/C20H21N3O/c1-12(2)14-7-9-17-16(11-14)15-5-4-10-21-19(15)23(17)18-8-6-13(3)22-20(18)24/h4-5,7,9-12,18H,3,6,8H2,1-2H3,(H,22,24). The van der Waals surface area contributed by atoms with E-state index in [1.165, 1.54) is 10.9 Å². The van der Waals surface area contributed by atoms with E-state index in [1.54, 1.807) is 6.20 Å². The highest BCUT2D eigenvalue weighted by Crippen LogP contribution is 2.35. The maximum Gasteiger partial charge on any atom is 0.247 e. The topological polar surface area (TPSA) is 46.9 Å². The molecule has 0 saturated carbocycles. The van der Waals surface area contributed by atoms with Crippen LogP contribution in [0.25, 0.3) is 21.9 Å². The van der Waals surface area contributed by atoms with Gasteiger partial charge in [-0.3, -0.25) is 4.79 Å². The van der Waals surface area contributed by atoms with Gasteiger partial charge in [-0.25, -0.2) is 4.98 Å². The molecule has 0 spiro atoms. The molecule has 1 fully saturated rings. The van der Waals surface area contributed by atoms with Crippen LogP contribution in [0.4, 0.5) is 0 Å². The van der Waals surface area contributed by atoms with Crippen LogP contribution in [0.3, 0.4) is 0 Å². The number of rotatable bonds is 2. The molecule has 0 aliphatic carbocycles. The second-order valence-electron chi connectivity index (χ2n) is 6.82.